The molecular formula is C23H23FN6O2. The van der Waals surface area contributed by atoms with Crippen LogP contribution >= 0.6 is 0 Å². The molecule has 32 heavy (non-hydrogen) atoms. The molecule has 1 aromatic carbocycles. The van der Waals surface area contributed by atoms with Gasteiger partial charge in [-0.2, -0.15) is 9.61 Å². The standard InChI is InChI=1S/C23H23FN6O2/c1-25-18-6-17(27-16-5-13(24)4-15-19(16)32-11-22(15)2-3-22)28-20-14(10-26-30(18)20)21(31)29-23-7-12(8-23)9-23/h4-6,10,12,25H,2-3,7-9,11H2,1H3,(H,27,28)(H,29,31). The largest absolute Gasteiger partial charge is 0.490 e. The maximum absolute atomic E-state index is 14.4. The first-order valence-electron chi connectivity index (χ1n) is 11.1. The van der Waals surface area contributed by atoms with Crippen molar-refractivity contribution in [1.82, 2.24) is 19.9 Å². The molecule has 1 spiro atoms. The van der Waals surface area contributed by atoms with Gasteiger partial charge in [0.25, 0.3) is 5.91 Å². The summed E-state index contributed by atoms with van der Waals surface area (Å²) >= 11 is 0. The second-order valence-corrected chi connectivity index (χ2v) is 9.81. The fraction of sp³-hybridized carbons (Fsp3) is 0.435. The van der Waals surface area contributed by atoms with E-state index in [-0.39, 0.29) is 22.7 Å². The normalized spacial score (nSPS) is 25.5. The first-order chi connectivity index (χ1) is 15.5. The first-order valence-corrected chi connectivity index (χ1v) is 11.1. The van der Waals surface area contributed by atoms with Crippen LogP contribution in [0.5, 0.6) is 5.75 Å². The van der Waals surface area contributed by atoms with Crippen molar-refractivity contribution < 1.29 is 13.9 Å². The van der Waals surface area contributed by atoms with Crippen LogP contribution in [0.15, 0.2) is 24.4 Å². The van der Waals surface area contributed by atoms with Gasteiger partial charge < -0.3 is 20.7 Å². The molecule has 4 aliphatic carbocycles. The third kappa shape index (κ3) is 2.44. The molecule has 1 amide bonds. The van der Waals surface area contributed by atoms with E-state index in [1.807, 2.05) is 0 Å². The lowest BCUT2D eigenvalue weighted by Crippen LogP contribution is -2.68. The van der Waals surface area contributed by atoms with Crippen LogP contribution in [0, 0.1) is 11.7 Å². The Morgan fingerprint density at radius 2 is 2.06 bits per heavy atom. The maximum atomic E-state index is 14.4. The number of nitrogens with zero attached hydrogens (tertiary/aromatic N) is 3. The Morgan fingerprint density at radius 1 is 1.25 bits per heavy atom. The minimum Gasteiger partial charge on any atom is -0.490 e. The minimum absolute atomic E-state index is 0.0282. The van der Waals surface area contributed by atoms with Crippen molar-refractivity contribution in [3.05, 3.63) is 41.3 Å². The number of carbonyl (C=O) groups is 1. The van der Waals surface area contributed by atoms with Crippen LogP contribution < -0.4 is 20.7 Å². The molecule has 3 aromatic rings. The Bertz CT molecular complexity index is 1300. The third-order valence-corrected chi connectivity index (χ3v) is 7.62. The summed E-state index contributed by atoms with van der Waals surface area (Å²) in [6, 6.07) is 4.79. The molecule has 5 aliphatic rings. The fourth-order valence-electron chi connectivity index (χ4n) is 5.53. The van der Waals surface area contributed by atoms with Gasteiger partial charge in [-0.15, -0.1) is 0 Å². The quantitative estimate of drug-likeness (QED) is 0.570. The molecule has 0 radical (unpaired) electrons. The average Bonchev–Trinajstić information content (AvgIpc) is 3.24. The topological polar surface area (TPSA) is 92.6 Å². The zero-order chi connectivity index (χ0) is 21.7. The Morgan fingerprint density at radius 3 is 2.75 bits per heavy atom. The number of aromatic nitrogens is 3. The molecular weight excluding hydrogens is 411 g/mol. The van der Waals surface area contributed by atoms with Gasteiger partial charge in [-0.3, -0.25) is 4.79 Å². The summed E-state index contributed by atoms with van der Waals surface area (Å²) in [5.41, 5.74) is 2.28. The highest BCUT2D eigenvalue weighted by Gasteiger charge is 2.57. The van der Waals surface area contributed by atoms with Gasteiger partial charge in [-0.25, -0.2) is 9.37 Å². The SMILES string of the molecule is CNc1cc(Nc2cc(F)cc3c2OCC32CC2)nc2c(C(=O)NC34CC(C3)C4)cnn12. The van der Waals surface area contributed by atoms with Crippen LogP contribution in [0.1, 0.15) is 48.0 Å². The molecule has 2 aromatic heterocycles. The summed E-state index contributed by atoms with van der Waals surface area (Å²) in [4.78, 5) is 17.6. The molecule has 0 unspecified atom stereocenters. The second kappa shape index (κ2) is 5.90. The number of rotatable bonds is 5. The minimum atomic E-state index is -0.305. The number of carbonyl (C=O) groups excluding carboxylic acids is 1. The molecule has 8 rings (SSSR count). The predicted molar refractivity (Wildman–Crippen MR) is 116 cm³/mol. The molecule has 3 N–H and O–H groups in total. The number of fused-ring (bicyclic) bond motifs is 3. The lowest BCUT2D eigenvalue weighted by Gasteiger charge is -2.61. The van der Waals surface area contributed by atoms with E-state index in [1.165, 1.54) is 6.07 Å². The summed E-state index contributed by atoms with van der Waals surface area (Å²) in [5.74, 6) is 2.14. The Kier molecular flexibility index (Phi) is 3.36. The number of nitrogens with one attached hydrogen (secondary N) is 3. The number of benzene rings is 1. The highest BCUT2D eigenvalue weighted by atomic mass is 19.1. The van der Waals surface area contributed by atoms with Gasteiger partial charge >= 0.3 is 0 Å². The number of anilines is 3. The summed E-state index contributed by atoms with van der Waals surface area (Å²) in [7, 11) is 1.78. The van der Waals surface area contributed by atoms with Gasteiger partial charge in [0.15, 0.2) is 5.65 Å². The molecule has 3 heterocycles. The average molecular weight is 434 g/mol. The van der Waals surface area contributed by atoms with Crippen molar-refractivity contribution in [1.29, 1.82) is 0 Å². The molecule has 8 nitrogen and oxygen atoms in total. The van der Waals surface area contributed by atoms with Gasteiger partial charge in [-0.1, -0.05) is 0 Å². The van der Waals surface area contributed by atoms with Crippen molar-refractivity contribution in [2.45, 2.75) is 43.1 Å². The fourth-order valence-corrected chi connectivity index (χ4v) is 5.53. The van der Waals surface area contributed by atoms with E-state index < -0.39 is 0 Å². The molecule has 0 saturated heterocycles. The second-order valence-electron chi connectivity index (χ2n) is 9.81. The molecule has 2 bridgehead atoms. The van der Waals surface area contributed by atoms with E-state index in [2.05, 4.69) is 26.0 Å². The van der Waals surface area contributed by atoms with E-state index in [1.54, 1.807) is 29.9 Å². The van der Waals surface area contributed by atoms with Gasteiger partial charge in [0.1, 0.15) is 28.8 Å². The van der Waals surface area contributed by atoms with E-state index in [9.17, 15) is 9.18 Å². The van der Waals surface area contributed by atoms with Crippen molar-refractivity contribution in [3.63, 3.8) is 0 Å². The van der Waals surface area contributed by atoms with Gasteiger partial charge in [-0.05, 0) is 44.1 Å². The predicted octanol–water partition coefficient (Wildman–Crippen LogP) is 3.36. The Hall–Kier alpha value is -3.36. The Balaban J connectivity index is 1.26. The van der Waals surface area contributed by atoms with Crippen molar-refractivity contribution in [2.24, 2.45) is 5.92 Å². The monoisotopic (exact) mass is 434 g/mol. The van der Waals surface area contributed by atoms with E-state index >= 15 is 0 Å². The van der Waals surface area contributed by atoms with Crippen LogP contribution in [-0.4, -0.2) is 39.7 Å². The van der Waals surface area contributed by atoms with Crippen molar-refractivity contribution in [2.75, 3.05) is 24.3 Å². The Labute approximate surface area is 183 Å². The van der Waals surface area contributed by atoms with Gasteiger partial charge in [0.05, 0.1) is 18.5 Å². The van der Waals surface area contributed by atoms with Crippen LogP contribution in [0.4, 0.5) is 21.7 Å². The number of ether oxygens (including phenoxy) is 1. The summed E-state index contributed by atoms with van der Waals surface area (Å²) in [6.45, 7) is 0.588. The first kappa shape index (κ1) is 18.2. The highest BCUT2D eigenvalue weighted by Crippen LogP contribution is 2.58. The number of hydrogen-bond donors (Lipinski definition) is 3. The molecule has 4 fully saturated rings. The number of hydrogen-bond acceptors (Lipinski definition) is 6. The molecule has 164 valence electrons. The van der Waals surface area contributed by atoms with Gasteiger partial charge in [0, 0.05) is 35.7 Å². The zero-order valence-electron chi connectivity index (χ0n) is 17.7. The lowest BCUT2D eigenvalue weighted by molar-refractivity contribution is -0.0438. The van der Waals surface area contributed by atoms with E-state index in [0.717, 1.165) is 43.6 Å². The van der Waals surface area contributed by atoms with Crippen LogP contribution in [-0.2, 0) is 5.41 Å². The van der Waals surface area contributed by atoms with E-state index in [4.69, 9.17) is 4.74 Å². The van der Waals surface area contributed by atoms with Crippen LogP contribution in [0.3, 0.4) is 0 Å². The molecule has 0 atom stereocenters. The summed E-state index contributed by atoms with van der Waals surface area (Å²) in [6.07, 6.45) is 6.78. The smallest absolute Gasteiger partial charge is 0.257 e. The van der Waals surface area contributed by atoms with Crippen molar-refractivity contribution in [3.8, 4) is 5.75 Å². The summed E-state index contributed by atoms with van der Waals surface area (Å²) in [5, 5.41) is 13.9. The molecule has 1 aliphatic heterocycles. The highest BCUT2D eigenvalue weighted by molar-refractivity contribution is 6.00. The third-order valence-electron chi connectivity index (χ3n) is 7.62. The maximum Gasteiger partial charge on any atom is 0.257 e. The zero-order valence-corrected chi connectivity index (χ0v) is 17.7. The number of halogens is 1. The van der Waals surface area contributed by atoms with Crippen LogP contribution in [0.25, 0.3) is 5.65 Å². The molecule has 9 heteroatoms. The molecule has 4 saturated carbocycles. The van der Waals surface area contributed by atoms with Gasteiger partial charge in [0.2, 0.25) is 0 Å². The summed E-state index contributed by atoms with van der Waals surface area (Å²) < 4.78 is 22.0. The lowest BCUT2D eigenvalue weighted by atomic mass is 9.50. The van der Waals surface area contributed by atoms with E-state index in [0.29, 0.717) is 40.9 Å². The van der Waals surface area contributed by atoms with Crippen LogP contribution in [0.2, 0.25) is 0 Å². The number of amides is 1. The van der Waals surface area contributed by atoms with Crippen molar-refractivity contribution >= 4 is 28.9 Å².